The molecule has 0 heterocycles. The molecule has 0 fully saturated rings. The minimum atomic E-state index is -0.417. The first kappa shape index (κ1) is 12.0. The Morgan fingerprint density at radius 2 is 2.13 bits per heavy atom. The fourth-order valence-corrected chi connectivity index (χ4v) is 1.51. The van der Waals surface area contributed by atoms with E-state index in [1.807, 2.05) is 32.9 Å². The quantitative estimate of drug-likeness (QED) is 0.719. The Kier molecular flexibility index (Phi) is 3.35. The SMILES string of the molecule is CC(C)(C)C(N)C(=O)C1C=CC(N)=CC1. The van der Waals surface area contributed by atoms with Crippen LogP contribution in [0.1, 0.15) is 27.2 Å². The lowest BCUT2D eigenvalue weighted by Crippen LogP contribution is -2.45. The zero-order valence-electron chi connectivity index (χ0n) is 9.66. The lowest BCUT2D eigenvalue weighted by molar-refractivity contribution is -0.124. The molecule has 0 saturated heterocycles. The highest BCUT2D eigenvalue weighted by Gasteiger charge is 2.31. The average Bonchev–Trinajstić information content (AvgIpc) is 2.15. The van der Waals surface area contributed by atoms with Crippen LogP contribution in [0.15, 0.2) is 23.9 Å². The van der Waals surface area contributed by atoms with Gasteiger partial charge in [-0.25, -0.2) is 0 Å². The van der Waals surface area contributed by atoms with Crippen LogP contribution in [-0.4, -0.2) is 11.8 Å². The first-order valence-corrected chi connectivity index (χ1v) is 5.25. The molecule has 0 aromatic heterocycles. The number of allylic oxidation sites excluding steroid dienone is 3. The Morgan fingerprint density at radius 3 is 2.53 bits per heavy atom. The van der Waals surface area contributed by atoms with Gasteiger partial charge in [-0.05, 0) is 17.9 Å². The van der Waals surface area contributed by atoms with Crippen molar-refractivity contribution in [3.63, 3.8) is 0 Å². The first-order valence-electron chi connectivity index (χ1n) is 5.25. The number of hydrogen-bond acceptors (Lipinski definition) is 3. The van der Waals surface area contributed by atoms with Gasteiger partial charge in [0.15, 0.2) is 5.78 Å². The second-order valence-corrected chi connectivity index (χ2v) is 5.15. The molecule has 1 aliphatic rings. The van der Waals surface area contributed by atoms with Crippen LogP contribution in [0.4, 0.5) is 0 Å². The van der Waals surface area contributed by atoms with Crippen molar-refractivity contribution in [2.24, 2.45) is 22.8 Å². The highest BCUT2D eigenvalue weighted by molar-refractivity contribution is 5.88. The van der Waals surface area contributed by atoms with E-state index in [-0.39, 0.29) is 17.1 Å². The van der Waals surface area contributed by atoms with Gasteiger partial charge in [0.25, 0.3) is 0 Å². The predicted molar refractivity (Wildman–Crippen MR) is 62.0 cm³/mol. The van der Waals surface area contributed by atoms with Gasteiger partial charge in [0.1, 0.15) is 0 Å². The summed E-state index contributed by atoms with van der Waals surface area (Å²) in [7, 11) is 0. The summed E-state index contributed by atoms with van der Waals surface area (Å²) in [5.74, 6) is -0.00553. The molecule has 3 nitrogen and oxygen atoms in total. The molecule has 1 aliphatic carbocycles. The van der Waals surface area contributed by atoms with Crippen LogP contribution in [0, 0.1) is 11.3 Å². The molecule has 2 unspecified atom stereocenters. The minimum Gasteiger partial charge on any atom is -0.399 e. The third-order valence-corrected chi connectivity index (χ3v) is 2.73. The molecule has 0 saturated carbocycles. The van der Waals surface area contributed by atoms with Crippen LogP contribution >= 0.6 is 0 Å². The van der Waals surface area contributed by atoms with Gasteiger partial charge < -0.3 is 11.5 Å². The van der Waals surface area contributed by atoms with Gasteiger partial charge in [-0.15, -0.1) is 0 Å². The summed E-state index contributed by atoms with van der Waals surface area (Å²) in [4.78, 5) is 12.0. The van der Waals surface area contributed by atoms with E-state index in [0.29, 0.717) is 6.42 Å². The molecular formula is C12H20N2O. The zero-order chi connectivity index (χ0) is 11.6. The summed E-state index contributed by atoms with van der Waals surface area (Å²) in [6.07, 6.45) is 6.17. The summed E-state index contributed by atoms with van der Waals surface area (Å²) in [6.45, 7) is 5.94. The molecule has 4 N–H and O–H groups in total. The van der Waals surface area contributed by atoms with Crippen LogP contribution in [0.25, 0.3) is 0 Å². The average molecular weight is 208 g/mol. The van der Waals surface area contributed by atoms with E-state index in [0.717, 1.165) is 5.70 Å². The zero-order valence-corrected chi connectivity index (χ0v) is 9.66. The van der Waals surface area contributed by atoms with Crippen LogP contribution in [0.5, 0.6) is 0 Å². The molecule has 1 rings (SSSR count). The van der Waals surface area contributed by atoms with Crippen molar-refractivity contribution in [1.29, 1.82) is 0 Å². The predicted octanol–water partition coefficient (Wildman–Crippen LogP) is 1.35. The molecule has 0 spiro atoms. The van der Waals surface area contributed by atoms with E-state index in [4.69, 9.17) is 11.5 Å². The third-order valence-electron chi connectivity index (χ3n) is 2.73. The Balaban J connectivity index is 2.68. The molecule has 15 heavy (non-hydrogen) atoms. The molecule has 0 aliphatic heterocycles. The van der Waals surface area contributed by atoms with E-state index in [9.17, 15) is 4.79 Å². The molecule has 0 radical (unpaired) electrons. The normalized spacial score (nSPS) is 23.5. The number of hydrogen-bond donors (Lipinski definition) is 2. The second-order valence-electron chi connectivity index (χ2n) is 5.15. The first-order chi connectivity index (χ1) is 6.82. The largest absolute Gasteiger partial charge is 0.399 e. The number of rotatable bonds is 2. The molecule has 84 valence electrons. The van der Waals surface area contributed by atoms with E-state index >= 15 is 0 Å². The highest BCUT2D eigenvalue weighted by atomic mass is 16.1. The van der Waals surface area contributed by atoms with Crippen LogP contribution < -0.4 is 11.5 Å². The molecule has 0 amide bonds. The second kappa shape index (κ2) is 4.19. The summed E-state index contributed by atoms with van der Waals surface area (Å²) >= 11 is 0. The lowest BCUT2D eigenvalue weighted by Gasteiger charge is -2.28. The van der Waals surface area contributed by atoms with Crippen LogP contribution in [0.2, 0.25) is 0 Å². The van der Waals surface area contributed by atoms with Crippen molar-refractivity contribution in [3.05, 3.63) is 23.9 Å². The maximum atomic E-state index is 12.0. The monoisotopic (exact) mass is 208 g/mol. The fraction of sp³-hybridized carbons (Fsp3) is 0.583. The summed E-state index contributed by atoms with van der Waals surface area (Å²) in [5, 5.41) is 0. The minimum absolute atomic E-state index is 0.0995. The number of nitrogens with two attached hydrogens (primary N) is 2. The van der Waals surface area contributed by atoms with Crippen LogP contribution in [0.3, 0.4) is 0 Å². The maximum Gasteiger partial charge on any atom is 0.157 e. The Bertz CT molecular complexity index is 310. The van der Waals surface area contributed by atoms with E-state index in [1.54, 1.807) is 6.08 Å². The number of ketones is 1. The Morgan fingerprint density at radius 1 is 1.53 bits per heavy atom. The molecule has 0 aromatic carbocycles. The molecule has 3 heteroatoms. The molecule has 0 aromatic rings. The van der Waals surface area contributed by atoms with Gasteiger partial charge in [0.05, 0.1) is 6.04 Å². The maximum absolute atomic E-state index is 12.0. The highest BCUT2D eigenvalue weighted by Crippen LogP contribution is 2.24. The van der Waals surface area contributed by atoms with Crippen molar-refractivity contribution in [2.45, 2.75) is 33.2 Å². The number of Topliss-reactive ketones (excluding diaryl/α,β-unsaturated/α-hetero) is 1. The van der Waals surface area contributed by atoms with Gasteiger partial charge in [0, 0.05) is 11.6 Å². The van der Waals surface area contributed by atoms with Crippen molar-refractivity contribution in [1.82, 2.24) is 0 Å². The fourth-order valence-electron chi connectivity index (χ4n) is 1.51. The van der Waals surface area contributed by atoms with Gasteiger partial charge in [-0.2, -0.15) is 0 Å². The topological polar surface area (TPSA) is 69.1 Å². The smallest absolute Gasteiger partial charge is 0.157 e. The van der Waals surface area contributed by atoms with Crippen LogP contribution in [-0.2, 0) is 4.79 Å². The Hall–Kier alpha value is -1.09. The van der Waals surface area contributed by atoms with Gasteiger partial charge in [-0.1, -0.05) is 32.9 Å². The molecule has 2 atom stereocenters. The van der Waals surface area contributed by atoms with Crippen molar-refractivity contribution in [2.75, 3.05) is 0 Å². The van der Waals surface area contributed by atoms with Gasteiger partial charge >= 0.3 is 0 Å². The van der Waals surface area contributed by atoms with Crippen molar-refractivity contribution in [3.8, 4) is 0 Å². The molecular weight excluding hydrogens is 188 g/mol. The summed E-state index contributed by atoms with van der Waals surface area (Å²) in [6, 6.07) is -0.417. The standard InChI is InChI=1S/C12H20N2O/c1-12(2,3)11(14)10(15)8-4-6-9(13)7-5-8/h4,6-8,11H,5,13-14H2,1-3H3. The van der Waals surface area contributed by atoms with E-state index < -0.39 is 6.04 Å². The van der Waals surface area contributed by atoms with Gasteiger partial charge in [0.2, 0.25) is 0 Å². The summed E-state index contributed by atoms with van der Waals surface area (Å²) < 4.78 is 0. The number of carbonyl (C=O) groups excluding carboxylic acids is 1. The lowest BCUT2D eigenvalue weighted by atomic mass is 9.79. The Labute approximate surface area is 91.2 Å². The van der Waals surface area contributed by atoms with E-state index in [1.165, 1.54) is 0 Å². The third kappa shape index (κ3) is 2.93. The number of carbonyl (C=O) groups is 1. The van der Waals surface area contributed by atoms with E-state index in [2.05, 4.69) is 0 Å². The van der Waals surface area contributed by atoms with Crippen molar-refractivity contribution >= 4 is 5.78 Å². The van der Waals surface area contributed by atoms with Crippen molar-refractivity contribution < 1.29 is 4.79 Å². The van der Waals surface area contributed by atoms with Gasteiger partial charge in [-0.3, -0.25) is 4.79 Å². The summed E-state index contributed by atoms with van der Waals surface area (Å²) in [5.41, 5.74) is 12.1. The molecule has 0 bridgehead atoms.